The lowest BCUT2D eigenvalue weighted by molar-refractivity contribution is 0.102. The molecule has 2 aromatic heterocycles. The molecule has 4 rings (SSSR count). The lowest BCUT2D eigenvalue weighted by atomic mass is 10.2. The van der Waals surface area contributed by atoms with E-state index in [1.807, 2.05) is 51.1 Å². The highest BCUT2D eigenvalue weighted by atomic mass is 35.5. The number of ketones is 1. The van der Waals surface area contributed by atoms with Crippen LogP contribution in [-0.4, -0.2) is 30.9 Å². The molecule has 7 heteroatoms. The quantitative estimate of drug-likeness (QED) is 0.433. The minimum atomic E-state index is 0.108. The molecule has 0 spiro atoms. The van der Waals surface area contributed by atoms with Crippen LogP contribution in [0.5, 0.6) is 0 Å². The number of Topliss-reactive ketones (excluding diaryl/α,β-unsaturated/α-hetero) is 1. The van der Waals surface area contributed by atoms with Crippen LogP contribution in [-0.2, 0) is 0 Å². The third-order valence-electron chi connectivity index (χ3n) is 4.90. The van der Waals surface area contributed by atoms with Crippen molar-refractivity contribution < 1.29 is 4.79 Å². The van der Waals surface area contributed by atoms with Gasteiger partial charge in [-0.25, -0.2) is 0 Å². The Morgan fingerprint density at radius 3 is 2.56 bits per heavy atom. The highest BCUT2D eigenvalue weighted by Gasteiger charge is 2.28. The molecule has 27 heavy (non-hydrogen) atoms. The number of aryl methyl sites for hydroxylation is 2. The molecule has 140 valence electrons. The average Bonchev–Trinajstić information content (AvgIpc) is 3.34. The van der Waals surface area contributed by atoms with Crippen molar-refractivity contribution in [1.29, 1.82) is 0 Å². The molecule has 0 aliphatic heterocycles. The van der Waals surface area contributed by atoms with E-state index in [9.17, 15) is 4.79 Å². The van der Waals surface area contributed by atoms with Crippen LogP contribution in [0.3, 0.4) is 0 Å². The van der Waals surface area contributed by atoms with Crippen molar-refractivity contribution in [3.8, 4) is 5.69 Å². The molecule has 5 nitrogen and oxygen atoms in total. The zero-order valence-corrected chi connectivity index (χ0v) is 17.1. The van der Waals surface area contributed by atoms with Crippen LogP contribution >= 0.6 is 23.4 Å². The van der Waals surface area contributed by atoms with Crippen molar-refractivity contribution in [2.75, 3.05) is 5.75 Å². The van der Waals surface area contributed by atoms with Crippen LogP contribution in [0.25, 0.3) is 5.69 Å². The maximum atomic E-state index is 12.9. The average molecular weight is 401 g/mol. The molecule has 1 aliphatic rings. The number of thioether (sulfide) groups is 1. The Hall–Kier alpha value is -2.05. The number of carbonyl (C=O) groups excluding carboxylic acids is 1. The van der Waals surface area contributed by atoms with Crippen LogP contribution in [0, 0.1) is 20.8 Å². The molecular formula is C20H21ClN4OS. The summed E-state index contributed by atoms with van der Waals surface area (Å²) in [6.07, 6.45) is 2.34. The summed E-state index contributed by atoms with van der Waals surface area (Å²) < 4.78 is 4.25. The molecular weight excluding hydrogens is 380 g/mol. The van der Waals surface area contributed by atoms with Crippen molar-refractivity contribution in [2.45, 2.75) is 44.8 Å². The fraction of sp³-hybridized carbons (Fsp3) is 0.350. The van der Waals surface area contributed by atoms with Crippen LogP contribution < -0.4 is 0 Å². The first-order chi connectivity index (χ1) is 13.0. The molecule has 2 heterocycles. The molecule has 0 bridgehead atoms. The lowest BCUT2D eigenvalue weighted by Gasteiger charge is -2.10. The molecule has 0 amide bonds. The topological polar surface area (TPSA) is 52.7 Å². The number of halogens is 1. The molecule has 1 aromatic carbocycles. The summed E-state index contributed by atoms with van der Waals surface area (Å²) >= 11 is 7.47. The minimum Gasteiger partial charge on any atom is -0.318 e. The van der Waals surface area contributed by atoms with E-state index in [1.165, 1.54) is 24.6 Å². The molecule has 0 radical (unpaired) electrons. The van der Waals surface area contributed by atoms with Gasteiger partial charge in [0.1, 0.15) is 5.82 Å². The highest BCUT2D eigenvalue weighted by Crippen LogP contribution is 2.38. The van der Waals surface area contributed by atoms with Crippen LogP contribution in [0.2, 0.25) is 5.02 Å². The van der Waals surface area contributed by atoms with E-state index in [-0.39, 0.29) is 5.78 Å². The highest BCUT2D eigenvalue weighted by molar-refractivity contribution is 7.99. The summed E-state index contributed by atoms with van der Waals surface area (Å²) in [6, 6.07) is 10.1. The maximum absolute atomic E-state index is 12.9. The Labute approximate surface area is 167 Å². The standard InChI is InChI=1S/C20H21ClN4OS/c1-12-10-18(13(2)24(12)16-6-4-15(21)5-7-16)19(26)11-27-20-23-22-14(3)25(20)17-8-9-17/h4-7,10,17H,8-9,11H2,1-3H3. The van der Waals surface area contributed by atoms with Crippen LogP contribution in [0.4, 0.5) is 0 Å². The van der Waals surface area contributed by atoms with Gasteiger partial charge in [-0.1, -0.05) is 23.4 Å². The number of aromatic nitrogens is 4. The first kappa shape index (κ1) is 18.3. The largest absolute Gasteiger partial charge is 0.318 e. The van der Waals surface area contributed by atoms with E-state index >= 15 is 0 Å². The van der Waals surface area contributed by atoms with Crippen LogP contribution in [0.15, 0.2) is 35.5 Å². The SMILES string of the molecule is Cc1cc(C(=O)CSc2nnc(C)n2C2CC2)c(C)n1-c1ccc(Cl)cc1. The zero-order chi connectivity index (χ0) is 19.1. The first-order valence-electron chi connectivity index (χ1n) is 8.98. The predicted molar refractivity (Wildman–Crippen MR) is 108 cm³/mol. The summed E-state index contributed by atoms with van der Waals surface area (Å²) in [5, 5.41) is 9.97. The number of carbonyl (C=O) groups is 1. The number of hydrogen-bond acceptors (Lipinski definition) is 4. The van der Waals surface area contributed by atoms with Gasteiger partial charge >= 0.3 is 0 Å². The molecule has 1 aliphatic carbocycles. The van der Waals surface area contributed by atoms with Crippen molar-refractivity contribution >= 4 is 29.1 Å². The molecule has 1 fully saturated rings. The second-order valence-electron chi connectivity index (χ2n) is 6.94. The summed E-state index contributed by atoms with van der Waals surface area (Å²) in [4.78, 5) is 12.9. The Balaban J connectivity index is 1.54. The number of hydrogen-bond donors (Lipinski definition) is 0. The van der Waals surface area contributed by atoms with Gasteiger partial charge in [-0.2, -0.15) is 0 Å². The Kier molecular flexibility index (Phi) is 4.86. The van der Waals surface area contributed by atoms with Crippen molar-refractivity contribution in [2.24, 2.45) is 0 Å². The van der Waals surface area contributed by atoms with Gasteiger partial charge < -0.3 is 9.13 Å². The van der Waals surface area contributed by atoms with E-state index < -0.39 is 0 Å². The van der Waals surface area contributed by atoms with Crippen LogP contribution in [0.1, 0.15) is 46.5 Å². The number of rotatable bonds is 6. The van der Waals surface area contributed by atoms with E-state index in [4.69, 9.17) is 11.6 Å². The lowest BCUT2D eigenvalue weighted by Crippen LogP contribution is -2.07. The Morgan fingerprint density at radius 1 is 1.19 bits per heavy atom. The van der Waals surface area contributed by atoms with Gasteiger partial charge in [0.2, 0.25) is 0 Å². The third-order valence-corrected chi connectivity index (χ3v) is 6.09. The van der Waals surface area contributed by atoms with Gasteiger partial charge in [-0.05, 0) is 63.9 Å². The molecule has 0 saturated heterocycles. The summed E-state index contributed by atoms with van der Waals surface area (Å²) in [6.45, 7) is 5.96. The van der Waals surface area contributed by atoms with Crippen molar-refractivity contribution in [1.82, 2.24) is 19.3 Å². The van der Waals surface area contributed by atoms with E-state index in [0.29, 0.717) is 16.8 Å². The van der Waals surface area contributed by atoms with E-state index in [2.05, 4.69) is 19.3 Å². The normalized spacial score (nSPS) is 13.9. The summed E-state index contributed by atoms with van der Waals surface area (Å²) in [5.74, 6) is 1.39. The van der Waals surface area contributed by atoms with Gasteiger partial charge in [0.15, 0.2) is 10.9 Å². The summed E-state index contributed by atoms with van der Waals surface area (Å²) in [5.41, 5.74) is 3.73. The monoisotopic (exact) mass is 400 g/mol. The van der Waals surface area contributed by atoms with E-state index in [0.717, 1.165) is 33.6 Å². The molecule has 0 atom stereocenters. The van der Waals surface area contributed by atoms with E-state index in [1.54, 1.807) is 0 Å². The van der Waals surface area contributed by atoms with Gasteiger partial charge in [-0.3, -0.25) is 4.79 Å². The molecule has 1 saturated carbocycles. The number of nitrogens with zero attached hydrogens (tertiary/aromatic N) is 4. The second kappa shape index (κ2) is 7.17. The van der Waals surface area contributed by atoms with Gasteiger partial charge in [0.25, 0.3) is 0 Å². The fourth-order valence-corrected chi connectivity index (χ4v) is 4.50. The van der Waals surface area contributed by atoms with Crippen molar-refractivity contribution in [3.63, 3.8) is 0 Å². The number of benzene rings is 1. The molecule has 0 unspecified atom stereocenters. The summed E-state index contributed by atoms with van der Waals surface area (Å²) in [7, 11) is 0. The molecule has 0 N–H and O–H groups in total. The third kappa shape index (κ3) is 3.56. The Morgan fingerprint density at radius 2 is 1.89 bits per heavy atom. The predicted octanol–water partition coefficient (Wildman–Crippen LogP) is 4.96. The second-order valence-corrected chi connectivity index (χ2v) is 8.32. The first-order valence-corrected chi connectivity index (χ1v) is 10.3. The minimum absolute atomic E-state index is 0.108. The maximum Gasteiger partial charge on any atom is 0.191 e. The molecule has 3 aromatic rings. The Bertz CT molecular complexity index is 1000. The van der Waals surface area contributed by atoms with Gasteiger partial charge in [-0.15, -0.1) is 10.2 Å². The van der Waals surface area contributed by atoms with Gasteiger partial charge in [0, 0.05) is 33.7 Å². The smallest absolute Gasteiger partial charge is 0.191 e. The zero-order valence-electron chi connectivity index (χ0n) is 15.6. The van der Waals surface area contributed by atoms with Crippen molar-refractivity contribution in [3.05, 3.63) is 58.1 Å². The van der Waals surface area contributed by atoms with Gasteiger partial charge in [0.05, 0.1) is 5.75 Å². The fourth-order valence-electron chi connectivity index (χ4n) is 3.44.